The maximum atomic E-state index is 12.2. The number of carboxylic acid groups (broad SMARTS) is 1. The number of nitrogens with one attached hydrogen (secondary N) is 1. The molecule has 0 spiro atoms. The van der Waals surface area contributed by atoms with Gasteiger partial charge < -0.3 is 19.9 Å². The lowest BCUT2D eigenvalue weighted by atomic mass is 9.81. The van der Waals surface area contributed by atoms with Crippen LogP contribution in [0.25, 0.3) is 0 Å². The van der Waals surface area contributed by atoms with Crippen LogP contribution in [-0.4, -0.2) is 36.7 Å². The number of hydrogen-bond acceptors (Lipinski definition) is 4. The summed E-state index contributed by atoms with van der Waals surface area (Å²) in [5.74, 6) is 0.132. The first-order valence-corrected chi connectivity index (χ1v) is 8.52. The molecule has 2 atom stereocenters. The number of benzene rings is 1. The third-order valence-electron chi connectivity index (χ3n) is 4.71. The second-order valence-electron chi connectivity index (χ2n) is 6.42. The number of carbonyl (C=O) groups excluding carboxylic acids is 1. The van der Waals surface area contributed by atoms with Gasteiger partial charge in [-0.2, -0.15) is 0 Å². The van der Waals surface area contributed by atoms with Gasteiger partial charge in [-0.25, -0.2) is 0 Å². The summed E-state index contributed by atoms with van der Waals surface area (Å²) in [6.45, 7) is 1.66. The summed E-state index contributed by atoms with van der Waals surface area (Å²) in [6.07, 6.45) is 3.41. The van der Waals surface area contributed by atoms with Crippen LogP contribution < -0.4 is 14.8 Å². The van der Waals surface area contributed by atoms with Gasteiger partial charge in [0, 0.05) is 12.5 Å². The van der Waals surface area contributed by atoms with E-state index in [0.717, 1.165) is 29.9 Å². The zero-order chi connectivity index (χ0) is 16.9. The lowest BCUT2D eigenvalue weighted by molar-refractivity contribution is -0.144. The van der Waals surface area contributed by atoms with Gasteiger partial charge in [0.1, 0.15) is 13.2 Å². The van der Waals surface area contributed by atoms with Gasteiger partial charge in [0.25, 0.3) is 0 Å². The number of aliphatic carboxylic acids is 1. The minimum absolute atomic E-state index is 0.0292. The zero-order valence-corrected chi connectivity index (χ0v) is 13.6. The Hall–Kier alpha value is -2.24. The molecule has 0 bridgehead atoms. The van der Waals surface area contributed by atoms with Crippen molar-refractivity contribution in [1.29, 1.82) is 0 Å². The van der Waals surface area contributed by atoms with E-state index in [1.165, 1.54) is 0 Å². The van der Waals surface area contributed by atoms with Crippen LogP contribution in [0.3, 0.4) is 0 Å². The first-order chi connectivity index (χ1) is 11.6. The van der Waals surface area contributed by atoms with Gasteiger partial charge in [-0.05, 0) is 43.4 Å². The average molecular weight is 333 g/mol. The van der Waals surface area contributed by atoms with Gasteiger partial charge >= 0.3 is 5.97 Å². The molecule has 1 fully saturated rings. The number of amides is 1. The standard InChI is InChI=1S/C18H23NO5/c20-17(13-2-1-3-14(11-13)18(21)22)19-7-6-12-4-5-15-16(10-12)24-9-8-23-15/h4-5,10,13-14H,1-3,6-9,11H2,(H,19,20)(H,21,22). The van der Waals surface area contributed by atoms with E-state index in [0.29, 0.717) is 39.0 Å². The van der Waals surface area contributed by atoms with Crippen molar-refractivity contribution in [3.63, 3.8) is 0 Å². The molecule has 24 heavy (non-hydrogen) atoms. The summed E-state index contributed by atoms with van der Waals surface area (Å²) in [7, 11) is 0. The quantitative estimate of drug-likeness (QED) is 0.861. The van der Waals surface area contributed by atoms with Gasteiger partial charge in [-0.3, -0.25) is 9.59 Å². The maximum absolute atomic E-state index is 12.2. The van der Waals surface area contributed by atoms with Gasteiger partial charge in [-0.15, -0.1) is 0 Å². The number of fused-ring (bicyclic) bond motifs is 1. The molecular formula is C18H23NO5. The molecule has 1 amide bonds. The van der Waals surface area contributed by atoms with Gasteiger partial charge in [-0.1, -0.05) is 12.5 Å². The Morgan fingerprint density at radius 2 is 1.88 bits per heavy atom. The summed E-state index contributed by atoms with van der Waals surface area (Å²) in [4.78, 5) is 23.3. The Kier molecular flexibility index (Phi) is 5.23. The van der Waals surface area contributed by atoms with Crippen molar-refractivity contribution in [3.05, 3.63) is 23.8 Å². The van der Waals surface area contributed by atoms with E-state index in [2.05, 4.69) is 5.32 Å². The summed E-state index contributed by atoms with van der Waals surface area (Å²) >= 11 is 0. The van der Waals surface area contributed by atoms with Gasteiger partial charge in [0.15, 0.2) is 11.5 Å². The van der Waals surface area contributed by atoms with E-state index in [4.69, 9.17) is 14.6 Å². The largest absolute Gasteiger partial charge is 0.486 e. The van der Waals surface area contributed by atoms with Crippen LogP contribution >= 0.6 is 0 Å². The third kappa shape index (κ3) is 3.99. The fourth-order valence-electron chi connectivity index (χ4n) is 3.37. The molecule has 2 N–H and O–H groups in total. The Balaban J connectivity index is 1.47. The molecule has 130 valence electrons. The van der Waals surface area contributed by atoms with Crippen molar-refractivity contribution in [3.8, 4) is 11.5 Å². The molecule has 1 aromatic rings. The van der Waals surface area contributed by atoms with Crippen molar-refractivity contribution >= 4 is 11.9 Å². The highest BCUT2D eigenvalue weighted by atomic mass is 16.6. The SMILES string of the molecule is O=C(O)C1CCCC(C(=O)NCCc2ccc3c(c2)OCCO3)C1. The van der Waals surface area contributed by atoms with Crippen LogP contribution in [0.15, 0.2) is 18.2 Å². The second-order valence-corrected chi connectivity index (χ2v) is 6.42. The van der Waals surface area contributed by atoms with Crippen molar-refractivity contribution < 1.29 is 24.2 Å². The average Bonchev–Trinajstić information content (AvgIpc) is 2.61. The van der Waals surface area contributed by atoms with E-state index in [-0.39, 0.29) is 17.7 Å². The lowest BCUT2D eigenvalue weighted by Gasteiger charge is -2.25. The first-order valence-electron chi connectivity index (χ1n) is 8.52. The third-order valence-corrected chi connectivity index (χ3v) is 4.71. The highest BCUT2D eigenvalue weighted by Crippen LogP contribution is 2.31. The van der Waals surface area contributed by atoms with E-state index in [1.807, 2.05) is 18.2 Å². The molecule has 1 heterocycles. The molecule has 2 unspecified atom stereocenters. The minimum Gasteiger partial charge on any atom is -0.486 e. The van der Waals surface area contributed by atoms with Crippen LogP contribution in [0.2, 0.25) is 0 Å². The molecule has 0 aromatic heterocycles. The Labute approximate surface area is 141 Å². The van der Waals surface area contributed by atoms with E-state index in [1.54, 1.807) is 0 Å². The molecule has 0 saturated heterocycles. The van der Waals surface area contributed by atoms with Crippen LogP contribution in [-0.2, 0) is 16.0 Å². The smallest absolute Gasteiger partial charge is 0.306 e. The normalized spacial score (nSPS) is 22.7. The molecule has 1 aromatic carbocycles. The molecule has 6 heteroatoms. The van der Waals surface area contributed by atoms with Crippen LogP contribution in [0.1, 0.15) is 31.2 Å². The molecule has 1 aliphatic carbocycles. The fraction of sp³-hybridized carbons (Fsp3) is 0.556. The van der Waals surface area contributed by atoms with E-state index >= 15 is 0 Å². The number of carbonyl (C=O) groups is 2. The summed E-state index contributed by atoms with van der Waals surface area (Å²) < 4.78 is 11.0. The van der Waals surface area contributed by atoms with E-state index in [9.17, 15) is 9.59 Å². The number of carboxylic acids is 1. The van der Waals surface area contributed by atoms with Crippen LogP contribution in [0.5, 0.6) is 11.5 Å². The van der Waals surface area contributed by atoms with Crippen molar-refractivity contribution in [2.75, 3.05) is 19.8 Å². The molecule has 1 saturated carbocycles. The van der Waals surface area contributed by atoms with Gasteiger partial charge in [0.2, 0.25) is 5.91 Å². The number of ether oxygens (including phenoxy) is 2. The number of hydrogen-bond donors (Lipinski definition) is 2. The van der Waals surface area contributed by atoms with Crippen LogP contribution in [0.4, 0.5) is 0 Å². The zero-order valence-electron chi connectivity index (χ0n) is 13.6. The van der Waals surface area contributed by atoms with Crippen molar-refractivity contribution in [2.45, 2.75) is 32.1 Å². The second kappa shape index (κ2) is 7.55. The predicted octanol–water partition coefficient (Wildman–Crippen LogP) is 2.01. The van der Waals surface area contributed by atoms with E-state index < -0.39 is 5.97 Å². The highest BCUT2D eigenvalue weighted by Gasteiger charge is 2.30. The monoisotopic (exact) mass is 333 g/mol. The minimum atomic E-state index is -0.788. The summed E-state index contributed by atoms with van der Waals surface area (Å²) in [5.41, 5.74) is 1.08. The molecular weight excluding hydrogens is 310 g/mol. The fourth-order valence-corrected chi connectivity index (χ4v) is 3.37. The first kappa shape index (κ1) is 16.6. The molecule has 3 rings (SSSR count). The van der Waals surface area contributed by atoms with Crippen LogP contribution in [0, 0.1) is 11.8 Å². The maximum Gasteiger partial charge on any atom is 0.306 e. The Bertz CT molecular complexity index is 615. The highest BCUT2D eigenvalue weighted by molar-refractivity contribution is 5.80. The Morgan fingerprint density at radius 1 is 1.12 bits per heavy atom. The Morgan fingerprint density at radius 3 is 2.67 bits per heavy atom. The molecule has 6 nitrogen and oxygen atoms in total. The predicted molar refractivity (Wildman–Crippen MR) is 87.2 cm³/mol. The van der Waals surface area contributed by atoms with Gasteiger partial charge in [0.05, 0.1) is 5.92 Å². The van der Waals surface area contributed by atoms with Crippen molar-refractivity contribution in [1.82, 2.24) is 5.32 Å². The summed E-state index contributed by atoms with van der Waals surface area (Å²) in [6, 6.07) is 5.81. The summed E-state index contributed by atoms with van der Waals surface area (Å²) in [5, 5.41) is 12.0. The van der Waals surface area contributed by atoms with Crippen molar-refractivity contribution in [2.24, 2.45) is 11.8 Å². The molecule has 1 aliphatic heterocycles. The lowest BCUT2D eigenvalue weighted by Crippen LogP contribution is -2.36. The topological polar surface area (TPSA) is 84.9 Å². The number of rotatable bonds is 5. The molecule has 0 radical (unpaired) electrons. The molecule has 2 aliphatic rings.